The molecule has 0 amide bonds. The van der Waals surface area contributed by atoms with Gasteiger partial charge in [0, 0.05) is 5.25 Å². The predicted molar refractivity (Wildman–Crippen MR) is 61.0 cm³/mol. The lowest BCUT2D eigenvalue weighted by atomic mass is 10.1. The van der Waals surface area contributed by atoms with E-state index in [-0.39, 0.29) is 12.4 Å². The zero-order chi connectivity index (χ0) is 8.39. The van der Waals surface area contributed by atoms with Gasteiger partial charge < -0.3 is 0 Å². The fourth-order valence-corrected chi connectivity index (χ4v) is 2.56. The van der Waals surface area contributed by atoms with Gasteiger partial charge in [0.05, 0.1) is 5.04 Å². The number of thioether (sulfide) groups is 1. The molecule has 1 aliphatic rings. The summed E-state index contributed by atoms with van der Waals surface area (Å²) in [6, 6.07) is 10.5. The van der Waals surface area contributed by atoms with Crippen LogP contribution in [0.2, 0.25) is 0 Å². The quantitative estimate of drug-likeness (QED) is 0.757. The van der Waals surface area contributed by atoms with Crippen molar-refractivity contribution in [2.45, 2.75) is 18.1 Å². The van der Waals surface area contributed by atoms with E-state index in [1.807, 2.05) is 6.07 Å². The lowest BCUT2D eigenvalue weighted by Crippen LogP contribution is -1.86. The highest BCUT2D eigenvalue weighted by Crippen LogP contribution is 2.40. The molecule has 1 N–H and O–H groups in total. The van der Waals surface area contributed by atoms with E-state index >= 15 is 0 Å². The monoisotopic (exact) mass is 213 g/mol. The number of nitrogens with one attached hydrogen (secondary N) is 1. The molecule has 0 saturated carbocycles. The van der Waals surface area contributed by atoms with Crippen molar-refractivity contribution in [1.29, 1.82) is 5.41 Å². The number of benzene rings is 1. The molecule has 1 unspecified atom stereocenters. The van der Waals surface area contributed by atoms with Gasteiger partial charge in [-0.3, -0.25) is 5.41 Å². The first kappa shape index (κ1) is 10.6. The topological polar surface area (TPSA) is 23.9 Å². The standard InChI is InChI=1S/C10H11NS.ClH/c11-10-7-6-9(12-10)8-4-2-1-3-5-8;/h1-5,9,11H,6-7H2;1H. The Labute approximate surface area is 88.8 Å². The van der Waals surface area contributed by atoms with Crippen molar-refractivity contribution in [2.24, 2.45) is 0 Å². The van der Waals surface area contributed by atoms with Gasteiger partial charge >= 0.3 is 0 Å². The smallest absolute Gasteiger partial charge is 0.0647 e. The van der Waals surface area contributed by atoms with Crippen LogP contribution < -0.4 is 0 Å². The molecule has 3 heteroatoms. The third-order valence-electron chi connectivity index (χ3n) is 2.09. The van der Waals surface area contributed by atoms with Crippen LogP contribution in [0, 0.1) is 5.41 Å². The maximum atomic E-state index is 7.49. The third-order valence-corrected chi connectivity index (χ3v) is 3.37. The van der Waals surface area contributed by atoms with Crippen molar-refractivity contribution in [3.63, 3.8) is 0 Å². The van der Waals surface area contributed by atoms with E-state index < -0.39 is 0 Å². The zero-order valence-electron chi connectivity index (χ0n) is 7.19. The van der Waals surface area contributed by atoms with Crippen LogP contribution in [0.15, 0.2) is 30.3 Å². The summed E-state index contributed by atoms with van der Waals surface area (Å²) < 4.78 is 0. The van der Waals surface area contributed by atoms with Gasteiger partial charge in [0.25, 0.3) is 0 Å². The number of hydrogen-bond acceptors (Lipinski definition) is 2. The van der Waals surface area contributed by atoms with Gasteiger partial charge in [-0.05, 0) is 18.4 Å². The van der Waals surface area contributed by atoms with Gasteiger partial charge in [-0.15, -0.1) is 24.2 Å². The fourth-order valence-electron chi connectivity index (χ4n) is 1.45. The molecule has 1 aliphatic heterocycles. The molecule has 0 aliphatic carbocycles. The molecule has 0 aromatic heterocycles. The molecule has 0 radical (unpaired) electrons. The molecule has 70 valence electrons. The first-order valence-corrected chi connectivity index (χ1v) is 5.03. The summed E-state index contributed by atoms with van der Waals surface area (Å²) in [6.07, 6.45) is 2.09. The molecule has 1 atom stereocenters. The van der Waals surface area contributed by atoms with Crippen LogP contribution in [0.25, 0.3) is 0 Å². The van der Waals surface area contributed by atoms with Crippen LogP contribution >= 0.6 is 24.2 Å². The zero-order valence-corrected chi connectivity index (χ0v) is 8.83. The Kier molecular flexibility index (Phi) is 3.82. The molecule has 1 saturated heterocycles. The van der Waals surface area contributed by atoms with Crippen molar-refractivity contribution in [3.05, 3.63) is 35.9 Å². The Morgan fingerprint density at radius 2 is 1.92 bits per heavy atom. The van der Waals surface area contributed by atoms with Crippen LogP contribution in [0.5, 0.6) is 0 Å². The number of hydrogen-bond donors (Lipinski definition) is 1. The SMILES string of the molecule is Cl.N=C1CCC(c2ccccc2)S1. The van der Waals surface area contributed by atoms with Crippen LogP contribution in [0.3, 0.4) is 0 Å². The van der Waals surface area contributed by atoms with E-state index in [1.54, 1.807) is 11.8 Å². The minimum atomic E-state index is 0. The van der Waals surface area contributed by atoms with E-state index in [2.05, 4.69) is 24.3 Å². The Morgan fingerprint density at radius 3 is 2.46 bits per heavy atom. The second-order valence-corrected chi connectivity index (χ2v) is 4.28. The van der Waals surface area contributed by atoms with Crippen LogP contribution in [0.4, 0.5) is 0 Å². The highest BCUT2D eigenvalue weighted by atomic mass is 35.5. The van der Waals surface area contributed by atoms with Crippen LogP contribution in [-0.4, -0.2) is 5.04 Å². The van der Waals surface area contributed by atoms with Gasteiger partial charge in [-0.1, -0.05) is 30.3 Å². The molecule has 1 fully saturated rings. The first-order chi connectivity index (χ1) is 5.86. The largest absolute Gasteiger partial charge is 0.298 e. The summed E-state index contributed by atoms with van der Waals surface area (Å²) in [6.45, 7) is 0. The Balaban J connectivity index is 0.000000845. The van der Waals surface area contributed by atoms with Crippen LogP contribution in [-0.2, 0) is 0 Å². The average Bonchev–Trinajstić information content (AvgIpc) is 2.54. The van der Waals surface area contributed by atoms with Gasteiger partial charge in [0.15, 0.2) is 0 Å². The summed E-state index contributed by atoms with van der Waals surface area (Å²) in [5, 5.41) is 8.87. The molecular weight excluding hydrogens is 202 g/mol. The molecule has 1 aromatic rings. The van der Waals surface area contributed by atoms with Crippen molar-refractivity contribution in [2.75, 3.05) is 0 Å². The molecule has 0 bridgehead atoms. The molecular formula is C10H12ClNS. The Morgan fingerprint density at radius 1 is 1.23 bits per heavy atom. The van der Waals surface area contributed by atoms with E-state index in [0.717, 1.165) is 17.9 Å². The summed E-state index contributed by atoms with van der Waals surface area (Å²) in [5.74, 6) is 0. The maximum absolute atomic E-state index is 7.49. The Bertz CT molecular complexity index is 286. The highest BCUT2D eigenvalue weighted by Gasteiger charge is 2.21. The lowest BCUT2D eigenvalue weighted by molar-refractivity contribution is 0.872. The summed E-state index contributed by atoms with van der Waals surface area (Å²) in [5.41, 5.74) is 1.37. The second kappa shape index (κ2) is 4.68. The highest BCUT2D eigenvalue weighted by molar-refractivity contribution is 8.14. The van der Waals surface area contributed by atoms with Crippen molar-refractivity contribution >= 4 is 29.2 Å². The fraction of sp³-hybridized carbons (Fsp3) is 0.300. The second-order valence-electron chi connectivity index (χ2n) is 2.98. The predicted octanol–water partition coefficient (Wildman–Crippen LogP) is 3.65. The summed E-state index contributed by atoms with van der Waals surface area (Å²) in [4.78, 5) is 0. The number of halogens is 1. The lowest BCUT2D eigenvalue weighted by Gasteiger charge is -2.06. The minimum absolute atomic E-state index is 0. The minimum Gasteiger partial charge on any atom is -0.298 e. The van der Waals surface area contributed by atoms with Gasteiger partial charge in [0.1, 0.15) is 0 Å². The van der Waals surface area contributed by atoms with Crippen molar-refractivity contribution in [3.8, 4) is 0 Å². The molecule has 1 aromatic carbocycles. The van der Waals surface area contributed by atoms with Crippen molar-refractivity contribution in [1.82, 2.24) is 0 Å². The molecule has 1 nitrogen and oxygen atoms in total. The maximum Gasteiger partial charge on any atom is 0.0647 e. The van der Waals surface area contributed by atoms with E-state index in [9.17, 15) is 0 Å². The average molecular weight is 214 g/mol. The van der Waals surface area contributed by atoms with Gasteiger partial charge in [-0.25, -0.2) is 0 Å². The van der Waals surface area contributed by atoms with E-state index in [0.29, 0.717) is 5.25 Å². The van der Waals surface area contributed by atoms with Crippen LogP contribution in [0.1, 0.15) is 23.7 Å². The first-order valence-electron chi connectivity index (χ1n) is 4.15. The van der Waals surface area contributed by atoms with E-state index in [1.165, 1.54) is 5.56 Å². The molecule has 0 spiro atoms. The third kappa shape index (κ3) is 2.48. The van der Waals surface area contributed by atoms with Crippen molar-refractivity contribution < 1.29 is 0 Å². The van der Waals surface area contributed by atoms with E-state index in [4.69, 9.17) is 5.41 Å². The normalized spacial score (nSPS) is 21.2. The summed E-state index contributed by atoms with van der Waals surface area (Å²) in [7, 11) is 0. The summed E-state index contributed by atoms with van der Waals surface area (Å²) >= 11 is 1.70. The van der Waals surface area contributed by atoms with Gasteiger partial charge in [0.2, 0.25) is 0 Å². The molecule has 2 rings (SSSR count). The molecule has 1 heterocycles. The van der Waals surface area contributed by atoms with Gasteiger partial charge in [-0.2, -0.15) is 0 Å². The number of rotatable bonds is 1. The Hall–Kier alpha value is -0.470. The molecule has 13 heavy (non-hydrogen) atoms.